The van der Waals surface area contributed by atoms with Gasteiger partial charge in [0.25, 0.3) is 0 Å². The van der Waals surface area contributed by atoms with E-state index in [-0.39, 0.29) is 29.5 Å². The number of carbonyl (C=O) groups is 2. The van der Waals surface area contributed by atoms with Crippen LogP contribution in [0.4, 0.5) is 0 Å². The highest BCUT2D eigenvalue weighted by atomic mass is 32.2. The average molecular weight is 324 g/mol. The van der Waals surface area contributed by atoms with Crippen LogP contribution in [0.15, 0.2) is 28.6 Å². The van der Waals surface area contributed by atoms with Gasteiger partial charge in [0.15, 0.2) is 4.34 Å². The average Bonchev–Trinajstić information content (AvgIpc) is 2.76. The lowest BCUT2D eigenvalue weighted by molar-refractivity contribution is -0.147. The zero-order chi connectivity index (χ0) is 13.8. The van der Waals surface area contributed by atoms with Crippen molar-refractivity contribution in [2.24, 2.45) is 5.92 Å². The summed E-state index contributed by atoms with van der Waals surface area (Å²) in [5, 5.41) is 17.6. The number of carboxylic acids is 2. The second-order valence-electron chi connectivity index (χ2n) is 3.89. The molecule has 0 spiro atoms. The van der Waals surface area contributed by atoms with Crippen LogP contribution in [0.25, 0.3) is 10.2 Å². The molecule has 8 heteroatoms. The number of aliphatic carboxylic acids is 2. The molecular formula is C12H11AlNO4S2. The van der Waals surface area contributed by atoms with Gasteiger partial charge in [-0.15, -0.1) is 11.3 Å². The first kappa shape index (κ1) is 17.0. The van der Waals surface area contributed by atoms with Gasteiger partial charge >= 0.3 is 11.9 Å². The third kappa shape index (κ3) is 4.49. The Morgan fingerprint density at radius 2 is 2.00 bits per heavy atom. The molecule has 0 saturated heterocycles. The second-order valence-corrected chi connectivity index (χ2v) is 6.19. The molecule has 3 radical (unpaired) electrons. The molecule has 103 valence electrons. The number of thiazole rings is 1. The number of rotatable bonds is 6. The largest absolute Gasteiger partial charge is 0.481 e. The minimum atomic E-state index is -1.10. The predicted octanol–water partition coefficient (Wildman–Crippen LogP) is 2.18. The SMILES string of the molecule is O=C(O)CC(CSc1nc2ccccc2s1)C(=O)O.[Al]. The molecule has 0 aliphatic rings. The zero-order valence-electron chi connectivity index (χ0n) is 10.4. The van der Waals surface area contributed by atoms with E-state index in [2.05, 4.69) is 4.98 Å². The van der Waals surface area contributed by atoms with E-state index in [4.69, 9.17) is 10.2 Å². The molecule has 1 heterocycles. The highest BCUT2D eigenvalue weighted by molar-refractivity contribution is 8.01. The Bertz CT molecular complexity index is 583. The Hall–Kier alpha value is -1.07. The molecule has 0 saturated carbocycles. The van der Waals surface area contributed by atoms with Crippen molar-refractivity contribution in [2.45, 2.75) is 10.8 Å². The van der Waals surface area contributed by atoms with Crippen LogP contribution in [-0.2, 0) is 9.59 Å². The first-order valence-corrected chi connectivity index (χ1v) is 7.29. The summed E-state index contributed by atoms with van der Waals surface area (Å²) in [5.74, 6) is -2.87. The smallest absolute Gasteiger partial charge is 0.307 e. The lowest BCUT2D eigenvalue weighted by atomic mass is 10.1. The van der Waals surface area contributed by atoms with Gasteiger partial charge in [-0.05, 0) is 12.1 Å². The monoisotopic (exact) mass is 324 g/mol. The Labute approximate surface area is 134 Å². The number of hydrogen-bond donors (Lipinski definition) is 2. The molecule has 0 bridgehead atoms. The lowest BCUT2D eigenvalue weighted by Crippen LogP contribution is -2.19. The number of para-hydroxylation sites is 1. The topological polar surface area (TPSA) is 87.5 Å². The van der Waals surface area contributed by atoms with Crippen molar-refractivity contribution < 1.29 is 19.8 Å². The van der Waals surface area contributed by atoms with Crippen LogP contribution in [-0.4, -0.2) is 50.2 Å². The molecule has 1 atom stereocenters. The van der Waals surface area contributed by atoms with Gasteiger partial charge in [0.05, 0.1) is 22.6 Å². The molecule has 5 nitrogen and oxygen atoms in total. The maximum Gasteiger partial charge on any atom is 0.307 e. The van der Waals surface area contributed by atoms with E-state index >= 15 is 0 Å². The van der Waals surface area contributed by atoms with Gasteiger partial charge < -0.3 is 10.2 Å². The predicted molar refractivity (Wildman–Crippen MR) is 79.5 cm³/mol. The van der Waals surface area contributed by atoms with Crippen LogP contribution >= 0.6 is 23.1 Å². The first-order chi connectivity index (χ1) is 9.06. The van der Waals surface area contributed by atoms with E-state index in [1.165, 1.54) is 23.1 Å². The quantitative estimate of drug-likeness (QED) is 0.625. The molecule has 0 aliphatic carbocycles. The summed E-state index contributed by atoms with van der Waals surface area (Å²) in [4.78, 5) is 25.9. The number of aromatic nitrogens is 1. The maximum atomic E-state index is 10.9. The summed E-state index contributed by atoms with van der Waals surface area (Å²) in [6, 6.07) is 7.64. The van der Waals surface area contributed by atoms with Crippen molar-refractivity contribution in [2.75, 3.05) is 5.75 Å². The third-order valence-corrected chi connectivity index (χ3v) is 4.79. The van der Waals surface area contributed by atoms with Crippen LogP contribution < -0.4 is 0 Å². The van der Waals surface area contributed by atoms with Gasteiger partial charge in [0.1, 0.15) is 0 Å². The summed E-state index contributed by atoms with van der Waals surface area (Å²) in [6.07, 6.45) is -0.368. The Balaban J connectivity index is 0.00000200. The molecular weight excluding hydrogens is 313 g/mol. The van der Waals surface area contributed by atoms with Gasteiger partial charge in [-0.25, -0.2) is 4.98 Å². The van der Waals surface area contributed by atoms with Crippen LogP contribution in [0.3, 0.4) is 0 Å². The molecule has 20 heavy (non-hydrogen) atoms. The summed E-state index contributed by atoms with van der Waals surface area (Å²) in [5.41, 5.74) is 0.875. The molecule has 2 N–H and O–H groups in total. The Morgan fingerprint density at radius 3 is 2.60 bits per heavy atom. The zero-order valence-corrected chi connectivity index (χ0v) is 13.1. The summed E-state index contributed by atoms with van der Waals surface area (Å²) < 4.78 is 1.80. The Kier molecular flexibility index (Phi) is 6.49. The highest BCUT2D eigenvalue weighted by Gasteiger charge is 2.21. The van der Waals surface area contributed by atoms with Gasteiger partial charge in [-0.3, -0.25) is 9.59 Å². The van der Waals surface area contributed by atoms with Crippen LogP contribution in [0.1, 0.15) is 6.42 Å². The van der Waals surface area contributed by atoms with Gasteiger partial charge in [0, 0.05) is 23.1 Å². The maximum absolute atomic E-state index is 10.9. The normalized spacial score (nSPS) is 11.8. The number of nitrogens with zero attached hydrogens (tertiary/aromatic N) is 1. The molecule has 1 aromatic heterocycles. The minimum absolute atomic E-state index is 0. The molecule has 2 aromatic rings. The lowest BCUT2D eigenvalue weighted by Gasteiger charge is -2.07. The molecule has 0 fully saturated rings. The van der Waals surface area contributed by atoms with Crippen LogP contribution in [0.5, 0.6) is 0 Å². The summed E-state index contributed by atoms with van der Waals surface area (Å²) in [6.45, 7) is 0. The Morgan fingerprint density at radius 1 is 1.30 bits per heavy atom. The van der Waals surface area contributed by atoms with E-state index in [0.717, 1.165) is 14.6 Å². The van der Waals surface area contributed by atoms with E-state index in [0.29, 0.717) is 0 Å². The van der Waals surface area contributed by atoms with E-state index in [9.17, 15) is 9.59 Å². The second kappa shape index (κ2) is 7.65. The van der Waals surface area contributed by atoms with Gasteiger partial charge in [-0.2, -0.15) is 0 Å². The first-order valence-electron chi connectivity index (χ1n) is 5.49. The number of benzene rings is 1. The van der Waals surface area contributed by atoms with Gasteiger partial charge in [0.2, 0.25) is 0 Å². The number of fused-ring (bicyclic) bond motifs is 1. The molecule has 1 aromatic carbocycles. The van der Waals surface area contributed by atoms with Crippen molar-refractivity contribution >= 4 is 62.6 Å². The highest BCUT2D eigenvalue weighted by Crippen LogP contribution is 2.30. The fraction of sp³-hybridized carbons (Fsp3) is 0.250. The third-order valence-electron chi connectivity index (χ3n) is 2.45. The van der Waals surface area contributed by atoms with E-state index in [1.807, 2.05) is 24.3 Å². The summed E-state index contributed by atoms with van der Waals surface area (Å²) >= 11 is 2.77. The number of hydrogen-bond acceptors (Lipinski definition) is 5. The fourth-order valence-corrected chi connectivity index (χ4v) is 3.69. The van der Waals surface area contributed by atoms with Crippen molar-refractivity contribution in [3.63, 3.8) is 0 Å². The van der Waals surface area contributed by atoms with Crippen molar-refractivity contribution in [3.05, 3.63) is 24.3 Å². The minimum Gasteiger partial charge on any atom is -0.481 e. The van der Waals surface area contributed by atoms with E-state index in [1.54, 1.807) is 0 Å². The number of carboxylic acid groups (broad SMARTS) is 2. The van der Waals surface area contributed by atoms with Crippen molar-refractivity contribution in [1.29, 1.82) is 0 Å². The van der Waals surface area contributed by atoms with Crippen LogP contribution in [0, 0.1) is 5.92 Å². The fourth-order valence-electron chi connectivity index (χ4n) is 1.51. The van der Waals surface area contributed by atoms with Gasteiger partial charge in [-0.1, -0.05) is 23.9 Å². The standard InChI is InChI=1S/C12H11NO4S2.Al/c14-10(15)5-7(11(16)17)6-18-12-13-8-3-1-2-4-9(8)19-12;/h1-4,7H,5-6H2,(H,14,15)(H,16,17);. The molecule has 0 aliphatic heterocycles. The van der Waals surface area contributed by atoms with E-state index < -0.39 is 17.9 Å². The molecule has 2 rings (SSSR count). The van der Waals surface area contributed by atoms with Crippen molar-refractivity contribution in [3.8, 4) is 0 Å². The van der Waals surface area contributed by atoms with Crippen molar-refractivity contribution in [1.82, 2.24) is 4.98 Å². The summed E-state index contributed by atoms with van der Waals surface area (Å²) in [7, 11) is 0. The number of thioether (sulfide) groups is 1. The molecule has 1 unspecified atom stereocenters. The van der Waals surface area contributed by atoms with Crippen LogP contribution in [0.2, 0.25) is 0 Å². The molecule has 0 amide bonds.